The summed E-state index contributed by atoms with van der Waals surface area (Å²) in [5.41, 5.74) is 10.3. The van der Waals surface area contributed by atoms with Gasteiger partial charge in [0.1, 0.15) is 5.82 Å². The molecule has 5 nitrogen and oxygen atoms in total. The summed E-state index contributed by atoms with van der Waals surface area (Å²) >= 11 is 0. The number of rotatable bonds is 5. The van der Waals surface area contributed by atoms with Crippen LogP contribution in [0, 0.1) is 25.7 Å². The fraction of sp³-hybridized carbons (Fsp3) is 0.256. The topological polar surface area (TPSA) is 33.5 Å². The number of aryl methyl sites for hydroxylation is 1. The minimum Gasteiger partial charge on any atom is -0.509 e. The molecule has 0 aliphatic carbocycles. The number of anilines is 2. The molecule has 7 rings (SSSR count). The second kappa shape index (κ2) is 12.8. The molecule has 49 heavy (non-hydrogen) atoms. The second-order valence-electron chi connectivity index (χ2n) is 14.9. The van der Waals surface area contributed by atoms with Crippen LogP contribution in [0.3, 0.4) is 0 Å². The number of ether oxygens (including phenoxy) is 1. The predicted molar refractivity (Wildman–Crippen MR) is 199 cm³/mol. The quantitative estimate of drug-likeness (QED) is 0.162. The first-order valence-corrected chi connectivity index (χ1v) is 16.6. The first kappa shape index (κ1) is 34.5. The van der Waals surface area contributed by atoms with Crippen molar-refractivity contribution < 1.29 is 25.8 Å². The first-order valence-electron chi connectivity index (χ1n) is 16.6. The second-order valence-corrected chi connectivity index (χ2v) is 14.9. The molecule has 0 saturated heterocycles. The Morgan fingerprint density at radius 3 is 2.10 bits per heavy atom. The van der Waals surface area contributed by atoms with Gasteiger partial charge in [0.25, 0.3) is 0 Å². The summed E-state index contributed by atoms with van der Waals surface area (Å²) < 4.78 is 8.66. The molecule has 3 heterocycles. The molecule has 0 atom stereocenters. The van der Waals surface area contributed by atoms with Gasteiger partial charge < -0.3 is 19.1 Å². The van der Waals surface area contributed by atoms with Crippen molar-refractivity contribution in [2.24, 2.45) is 0 Å². The van der Waals surface area contributed by atoms with E-state index in [-0.39, 0.29) is 31.9 Å². The molecule has 4 aromatic carbocycles. The minimum atomic E-state index is 0. The Bertz CT molecular complexity index is 2220. The molecule has 0 spiro atoms. The molecule has 0 amide bonds. The Balaban J connectivity index is 0.00000417. The van der Waals surface area contributed by atoms with Gasteiger partial charge in [0.2, 0.25) is 0 Å². The maximum atomic E-state index is 6.47. The van der Waals surface area contributed by atoms with Crippen LogP contribution in [0.4, 0.5) is 11.4 Å². The smallest absolute Gasteiger partial charge is 0.135 e. The number of para-hydroxylation sites is 1. The van der Waals surface area contributed by atoms with Gasteiger partial charge >= 0.3 is 0 Å². The number of nitrogens with zero attached hydrogens (tertiary/aromatic N) is 4. The SMILES string of the molecule is CC1=C(C)N(c2ccc(C(C)(C)C)cc2C)[CH-]N1c1[c-]c(Oc2[c-]c3c(cc2)c2ccccc2n3-c2cc(C(C)(C)C)ccn2)ccc1.[Pt]. The van der Waals surface area contributed by atoms with E-state index in [9.17, 15) is 0 Å². The van der Waals surface area contributed by atoms with Gasteiger partial charge in [-0.3, -0.25) is 0 Å². The Labute approximate surface area is 305 Å². The van der Waals surface area contributed by atoms with E-state index in [1.165, 1.54) is 28.1 Å². The van der Waals surface area contributed by atoms with Crippen LogP contribution in [0.5, 0.6) is 11.5 Å². The molecule has 2 aromatic heterocycles. The van der Waals surface area contributed by atoms with Crippen molar-refractivity contribution in [2.45, 2.75) is 73.1 Å². The van der Waals surface area contributed by atoms with E-state index in [1.807, 2.05) is 24.4 Å². The molecular weight excluding hydrogens is 784 g/mol. The molecule has 0 fully saturated rings. The van der Waals surface area contributed by atoms with E-state index in [2.05, 4.69) is 162 Å². The van der Waals surface area contributed by atoms with Gasteiger partial charge in [-0.2, -0.15) is 12.1 Å². The normalized spacial score (nSPS) is 13.8. The monoisotopic (exact) mass is 826 g/mol. The van der Waals surface area contributed by atoms with Crippen LogP contribution in [0.15, 0.2) is 103 Å². The van der Waals surface area contributed by atoms with Crippen LogP contribution < -0.4 is 14.5 Å². The molecule has 1 aliphatic rings. The van der Waals surface area contributed by atoms with Gasteiger partial charge in [-0.25, -0.2) is 4.98 Å². The molecule has 0 radical (unpaired) electrons. The van der Waals surface area contributed by atoms with Crippen LogP contribution in [0.2, 0.25) is 0 Å². The predicted octanol–water partition coefficient (Wildman–Crippen LogP) is 11.2. The summed E-state index contributed by atoms with van der Waals surface area (Å²) in [4.78, 5) is 9.25. The van der Waals surface area contributed by atoms with Crippen molar-refractivity contribution >= 4 is 33.2 Å². The molecule has 1 aliphatic heterocycles. The number of aromatic nitrogens is 2. The van der Waals surface area contributed by atoms with Crippen LogP contribution in [-0.4, -0.2) is 9.55 Å². The minimum absolute atomic E-state index is 0. The molecule has 0 bridgehead atoms. The molecule has 0 saturated carbocycles. The standard InChI is InChI=1S/C43H43N4O.Pt/c1-28-23-31(42(4,5)6)17-20-38(28)46-27-45(29(2)30(46)3)33-13-12-14-34(25-33)48-35-18-19-37-36-15-10-11-16-39(36)47(40(37)26-35)41-24-32(21-22-44-41)43(7,8)9;/h10-24,27H,1-9H3;/q-3;. The van der Waals surface area contributed by atoms with E-state index in [0.717, 1.165) is 39.0 Å². The third-order valence-electron chi connectivity index (χ3n) is 9.43. The average Bonchev–Trinajstić information content (AvgIpc) is 3.53. The molecule has 6 aromatic rings. The number of benzene rings is 4. The van der Waals surface area contributed by atoms with E-state index in [1.54, 1.807) is 0 Å². The van der Waals surface area contributed by atoms with Gasteiger partial charge in [-0.15, -0.1) is 48.1 Å². The largest absolute Gasteiger partial charge is 0.509 e. The third-order valence-corrected chi connectivity index (χ3v) is 9.43. The summed E-state index contributed by atoms with van der Waals surface area (Å²) in [5.74, 6) is 2.12. The van der Waals surface area contributed by atoms with Crippen molar-refractivity contribution in [3.63, 3.8) is 0 Å². The van der Waals surface area contributed by atoms with Crippen molar-refractivity contribution in [1.29, 1.82) is 0 Å². The average molecular weight is 827 g/mol. The van der Waals surface area contributed by atoms with Gasteiger partial charge in [-0.05, 0) is 77.9 Å². The summed E-state index contributed by atoms with van der Waals surface area (Å²) in [7, 11) is 0. The van der Waals surface area contributed by atoms with Crippen molar-refractivity contribution in [3.05, 3.63) is 138 Å². The molecule has 6 heteroatoms. The molecule has 0 N–H and O–H groups in total. The Morgan fingerprint density at radius 2 is 1.37 bits per heavy atom. The maximum absolute atomic E-state index is 6.47. The van der Waals surface area contributed by atoms with E-state index >= 15 is 0 Å². The summed E-state index contributed by atoms with van der Waals surface area (Å²) in [6.07, 6.45) is 1.90. The molecule has 254 valence electrons. The summed E-state index contributed by atoms with van der Waals surface area (Å²) in [5, 5.41) is 2.26. The van der Waals surface area contributed by atoms with Gasteiger partial charge in [0.15, 0.2) is 0 Å². The Kier molecular flexibility index (Phi) is 9.05. The van der Waals surface area contributed by atoms with Gasteiger partial charge in [-0.1, -0.05) is 77.4 Å². The van der Waals surface area contributed by atoms with Crippen molar-refractivity contribution in [1.82, 2.24) is 9.55 Å². The zero-order chi connectivity index (χ0) is 34.0. The van der Waals surface area contributed by atoms with E-state index < -0.39 is 0 Å². The van der Waals surface area contributed by atoms with Gasteiger partial charge in [0.05, 0.1) is 0 Å². The van der Waals surface area contributed by atoms with Crippen LogP contribution in [-0.2, 0) is 31.9 Å². The fourth-order valence-corrected chi connectivity index (χ4v) is 6.45. The Morgan fingerprint density at radius 1 is 0.673 bits per heavy atom. The van der Waals surface area contributed by atoms with Gasteiger partial charge in [0, 0.05) is 61.4 Å². The van der Waals surface area contributed by atoms with Crippen LogP contribution in [0.1, 0.15) is 72.1 Å². The number of hydrogen-bond acceptors (Lipinski definition) is 4. The van der Waals surface area contributed by atoms with Crippen LogP contribution >= 0.6 is 0 Å². The van der Waals surface area contributed by atoms with E-state index in [4.69, 9.17) is 9.72 Å². The van der Waals surface area contributed by atoms with Crippen molar-refractivity contribution in [3.8, 4) is 17.3 Å². The van der Waals surface area contributed by atoms with E-state index in [0.29, 0.717) is 11.5 Å². The zero-order valence-electron chi connectivity index (χ0n) is 29.8. The molecular formula is C43H43N4OPt-3. The number of pyridine rings is 1. The van der Waals surface area contributed by atoms with Crippen molar-refractivity contribution in [2.75, 3.05) is 9.80 Å². The first-order chi connectivity index (χ1) is 22.8. The number of fused-ring (bicyclic) bond motifs is 3. The fourth-order valence-electron chi connectivity index (χ4n) is 6.45. The van der Waals surface area contributed by atoms with Crippen LogP contribution in [0.25, 0.3) is 27.6 Å². The zero-order valence-corrected chi connectivity index (χ0v) is 32.0. The maximum Gasteiger partial charge on any atom is 0.135 e. The molecule has 0 unspecified atom stereocenters. The number of allylic oxidation sites excluding steroid dienone is 2. The third kappa shape index (κ3) is 6.42. The summed E-state index contributed by atoms with van der Waals surface area (Å²) in [6, 6.07) is 36.7. The summed E-state index contributed by atoms with van der Waals surface area (Å²) in [6.45, 7) is 22.1. The number of hydrogen-bond donors (Lipinski definition) is 0. The Hall–Kier alpha value is -4.34.